The van der Waals surface area contributed by atoms with Crippen LogP contribution in [0.15, 0.2) is 24.3 Å². The molecule has 0 unspecified atom stereocenters. The van der Waals surface area contributed by atoms with Crippen LogP contribution in [0.4, 0.5) is 17.6 Å². The van der Waals surface area contributed by atoms with Crippen LogP contribution in [0.5, 0.6) is 0 Å². The normalized spacial score (nSPS) is 20.8. The molecule has 0 aromatic heterocycles. The van der Waals surface area contributed by atoms with Crippen molar-refractivity contribution in [3.63, 3.8) is 0 Å². The summed E-state index contributed by atoms with van der Waals surface area (Å²) < 4.78 is 82.2. The molecule has 2 fully saturated rings. The van der Waals surface area contributed by atoms with Crippen LogP contribution in [-0.2, 0) is 14.8 Å². The number of amides is 1. The second kappa shape index (κ2) is 9.95. The number of carbonyl (C=O) groups excluding carboxylic acids is 1. The van der Waals surface area contributed by atoms with Crippen molar-refractivity contribution >= 4 is 15.9 Å². The second-order valence-corrected chi connectivity index (χ2v) is 10.5. The summed E-state index contributed by atoms with van der Waals surface area (Å²) in [4.78, 5) is 12.9. The predicted molar refractivity (Wildman–Crippen MR) is 112 cm³/mol. The minimum absolute atomic E-state index is 0.236. The lowest BCUT2D eigenvalue weighted by Gasteiger charge is -2.29. The molecule has 12 heteroatoms. The van der Waals surface area contributed by atoms with Gasteiger partial charge in [0.05, 0.1) is 11.8 Å². The summed E-state index contributed by atoms with van der Waals surface area (Å²) in [6, 6.07) is 1.29. The number of rotatable bonds is 8. The Kier molecular flexibility index (Phi) is 7.65. The van der Waals surface area contributed by atoms with Gasteiger partial charge in [-0.25, -0.2) is 17.1 Å². The van der Waals surface area contributed by atoms with Gasteiger partial charge in [0.1, 0.15) is 23.4 Å². The molecule has 0 bridgehead atoms. The number of halogens is 4. The first kappa shape index (κ1) is 25.4. The summed E-state index contributed by atoms with van der Waals surface area (Å²) in [5.74, 6) is -2.63. The number of sulfonamides is 1. The average Bonchev–Trinajstić information content (AvgIpc) is 3.55. The van der Waals surface area contributed by atoms with Crippen LogP contribution in [0, 0.1) is 17.1 Å². The number of nitrogens with one attached hydrogen (secondary N) is 2. The van der Waals surface area contributed by atoms with Gasteiger partial charge in [-0.1, -0.05) is 25.0 Å². The lowest BCUT2D eigenvalue weighted by molar-refractivity contribution is -0.160. The fourth-order valence-electron chi connectivity index (χ4n) is 3.78. The van der Waals surface area contributed by atoms with Crippen molar-refractivity contribution < 1.29 is 30.8 Å². The van der Waals surface area contributed by atoms with E-state index in [1.807, 2.05) is 6.07 Å². The number of hydrogen-bond donors (Lipinski definition) is 2. The molecule has 1 aliphatic carbocycles. The smallest absolute Gasteiger partial charge is 0.336 e. The molecule has 2 aliphatic rings. The molecule has 1 aromatic carbocycles. The van der Waals surface area contributed by atoms with E-state index in [-0.39, 0.29) is 18.7 Å². The highest BCUT2D eigenvalue weighted by Crippen LogP contribution is 2.36. The fourth-order valence-corrected chi connectivity index (χ4v) is 5.48. The van der Waals surface area contributed by atoms with Crippen LogP contribution >= 0.6 is 0 Å². The highest BCUT2D eigenvalue weighted by molar-refractivity contribution is 7.89. The van der Waals surface area contributed by atoms with Crippen molar-refractivity contribution in [2.75, 3.05) is 18.8 Å². The minimum atomic E-state index is -4.89. The maximum absolute atomic E-state index is 13.9. The van der Waals surface area contributed by atoms with Crippen LogP contribution in [0.25, 0.3) is 0 Å². The van der Waals surface area contributed by atoms with Crippen molar-refractivity contribution in [3.05, 3.63) is 35.6 Å². The Balaban J connectivity index is 1.88. The Bertz CT molecular complexity index is 980. The van der Waals surface area contributed by atoms with E-state index >= 15 is 0 Å². The summed E-state index contributed by atoms with van der Waals surface area (Å²) >= 11 is 0. The number of hydrogen-bond acceptors (Lipinski definition) is 5. The maximum Gasteiger partial charge on any atom is 0.407 e. The molecule has 1 amide bonds. The molecule has 1 aromatic rings. The first-order valence-corrected chi connectivity index (χ1v) is 12.4. The van der Waals surface area contributed by atoms with E-state index in [0.29, 0.717) is 25.7 Å². The number of nitrogens with zero attached hydrogens (tertiary/aromatic N) is 2. The molecule has 0 spiro atoms. The molecule has 1 heterocycles. The van der Waals surface area contributed by atoms with Crippen molar-refractivity contribution in [2.45, 2.75) is 62.3 Å². The maximum atomic E-state index is 13.9. The van der Waals surface area contributed by atoms with E-state index in [2.05, 4.69) is 10.6 Å². The zero-order valence-electron chi connectivity index (χ0n) is 17.9. The van der Waals surface area contributed by atoms with Gasteiger partial charge in [0.2, 0.25) is 15.9 Å². The lowest BCUT2D eigenvalue weighted by Crippen LogP contribution is -2.55. The summed E-state index contributed by atoms with van der Waals surface area (Å²) in [6.45, 7) is 0.471. The molecule has 3 rings (SSSR count). The standard InChI is InChI=1S/C21H26F4N4O3S/c22-16-7-5-15(6-8-16)18(21(23,24)25)27-17(19(30)28-20(14-26)9-10-20)13-33(31,32)29-11-3-1-2-4-12-29/h5-8,17-18,27H,1-4,9-13H2,(H,28,30)/t17-,18-/m0/s1. The summed E-state index contributed by atoms with van der Waals surface area (Å²) in [5.41, 5.74) is -1.55. The van der Waals surface area contributed by atoms with Crippen LogP contribution in [0.1, 0.15) is 50.1 Å². The lowest BCUT2D eigenvalue weighted by atomic mass is 10.0. The molecule has 2 atom stereocenters. The first-order chi connectivity index (χ1) is 15.5. The molecule has 1 saturated carbocycles. The SMILES string of the molecule is N#CC1(NC(=O)[C@H](CS(=O)(=O)N2CCCCCC2)N[C@@H](c2ccc(F)cc2)C(F)(F)F)CC1. The summed E-state index contributed by atoms with van der Waals surface area (Å²) in [6.07, 6.45) is -1.28. The zero-order valence-corrected chi connectivity index (χ0v) is 18.7. The molecule has 33 heavy (non-hydrogen) atoms. The summed E-state index contributed by atoms with van der Waals surface area (Å²) in [7, 11) is -4.07. The third kappa shape index (κ3) is 6.65. The van der Waals surface area contributed by atoms with Crippen LogP contribution in [-0.4, -0.2) is 55.2 Å². The Morgan fingerprint density at radius 2 is 1.70 bits per heavy atom. The Morgan fingerprint density at radius 1 is 1.12 bits per heavy atom. The van der Waals surface area contributed by atoms with Crippen LogP contribution in [0.3, 0.4) is 0 Å². The van der Waals surface area contributed by atoms with E-state index in [0.717, 1.165) is 37.1 Å². The van der Waals surface area contributed by atoms with Crippen LogP contribution in [0.2, 0.25) is 0 Å². The molecule has 0 radical (unpaired) electrons. The largest absolute Gasteiger partial charge is 0.407 e. The number of nitriles is 1. The topological polar surface area (TPSA) is 102 Å². The van der Waals surface area contributed by atoms with Crippen LogP contribution < -0.4 is 10.6 Å². The Hall–Kier alpha value is -2.23. The molecule has 2 N–H and O–H groups in total. The third-order valence-corrected chi connectivity index (χ3v) is 7.78. The molecule has 7 nitrogen and oxygen atoms in total. The van der Waals surface area contributed by atoms with Gasteiger partial charge in [0, 0.05) is 13.1 Å². The average molecular weight is 491 g/mol. The molecular weight excluding hydrogens is 464 g/mol. The van der Waals surface area contributed by atoms with Gasteiger partial charge in [-0.2, -0.15) is 18.4 Å². The van der Waals surface area contributed by atoms with E-state index < -0.39 is 51.3 Å². The third-order valence-electron chi connectivity index (χ3n) is 5.88. The minimum Gasteiger partial charge on any atom is -0.336 e. The number of alkyl halides is 3. The van der Waals surface area contributed by atoms with E-state index in [4.69, 9.17) is 0 Å². The van der Waals surface area contributed by atoms with Crippen molar-refractivity contribution in [1.82, 2.24) is 14.9 Å². The molecule has 1 saturated heterocycles. The van der Waals surface area contributed by atoms with Gasteiger partial charge in [-0.05, 0) is 43.4 Å². The zero-order chi connectivity index (χ0) is 24.3. The number of benzene rings is 1. The van der Waals surface area contributed by atoms with E-state index in [1.54, 1.807) is 0 Å². The van der Waals surface area contributed by atoms with Gasteiger partial charge in [0.25, 0.3) is 0 Å². The van der Waals surface area contributed by atoms with Crippen molar-refractivity contribution in [2.24, 2.45) is 0 Å². The molecular formula is C21H26F4N4O3S. The van der Waals surface area contributed by atoms with Gasteiger partial charge < -0.3 is 5.32 Å². The summed E-state index contributed by atoms with van der Waals surface area (Å²) in [5, 5.41) is 13.8. The van der Waals surface area contributed by atoms with Gasteiger partial charge in [-0.3, -0.25) is 10.1 Å². The predicted octanol–water partition coefficient (Wildman–Crippen LogP) is 2.77. The fraction of sp³-hybridized carbons (Fsp3) is 0.619. The molecule has 182 valence electrons. The Morgan fingerprint density at radius 3 is 2.18 bits per heavy atom. The van der Waals surface area contributed by atoms with E-state index in [9.17, 15) is 36.0 Å². The van der Waals surface area contributed by atoms with Crippen molar-refractivity contribution in [1.29, 1.82) is 5.26 Å². The second-order valence-electron chi connectivity index (χ2n) is 8.52. The van der Waals surface area contributed by atoms with Gasteiger partial charge >= 0.3 is 6.18 Å². The first-order valence-electron chi connectivity index (χ1n) is 10.8. The Labute approximate surface area is 190 Å². The highest BCUT2D eigenvalue weighted by Gasteiger charge is 2.48. The van der Waals surface area contributed by atoms with Gasteiger partial charge in [-0.15, -0.1) is 0 Å². The molecule has 1 aliphatic heterocycles. The van der Waals surface area contributed by atoms with Gasteiger partial charge in [0.15, 0.2) is 0 Å². The quantitative estimate of drug-likeness (QED) is 0.546. The number of carbonyl (C=O) groups is 1. The monoisotopic (exact) mass is 490 g/mol. The highest BCUT2D eigenvalue weighted by atomic mass is 32.2. The van der Waals surface area contributed by atoms with E-state index in [1.165, 1.54) is 4.31 Å². The van der Waals surface area contributed by atoms with Crippen molar-refractivity contribution in [3.8, 4) is 6.07 Å².